The number of hydrogen-bond donors (Lipinski definition) is 0. The van der Waals surface area contributed by atoms with E-state index in [-0.39, 0.29) is 12.0 Å². The summed E-state index contributed by atoms with van der Waals surface area (Å²) in [5.74, 6) is 1.40. The number of aryl methyl sites for hydroxylation is 1. The standard InChI is InChI=1S/C15H17N3O2S2/c1-10-16-17-15(22-10)21-9-14(19)18(2)8-12-7-11-5-3-4-6-13(11)20-12/h3-6,12H,7-9H2,1-2H3/t12-/m0/s1. The molecule has 0 aliphatic carbocycles. The van der Waals surface area contributed by atoms with Crippen molar-refractivity contribution in [1.82, 2.24) is 15.1 Å². The number of carbonyl (C=O) groups excluding carboxylic acids is 1. The third kappa shape index (κ3) is 3.59. The molecule has 0 spiro atoms. The van der Waals surface area contributed by atoms with Crippen LogP contribution in [0.3, 0.4) is 0 Å². The zero-order valence-electron chi connectivity index (χ0n) is 12.5. The first-order valence-electron chi connectivity index (χ1n) is 7.03. The number of benzene rings is 1. The summed E-state index contributed by atoms with van der Waals surface area (Å²) in [7, 11) is 1.82. The number of para-hydroxylation sites is 1. The van der Waals surface area contributed by atoms with E-state index in [0.717, 1.165) is 21.5 Å². The van der Waals surface area contributed by atoms with E-state index in [4.69, 9.17) is 4.74 Å². The molecule has 0 radical (unpaired) electrons. The number of aromatic nitrogens is 2. The number of fused-ring (bicyclic) bond motifs is 1. The number of nitrogens with zero attached hydrogens (tertiary/aromatic N) is 3. The van der Waals surface area contributed by atoms with Gasteiger partial charge in [-0.2, -0.15) is 0 Å². The van der Waals surface area contributed by atoms with Gasteiger partial charge < -0.3 is 9.64 Å². The fourth-order valence-corrected chi connectivity index (χ4v) is 4.09. The minimum Gasteiger partial charge on any atom is -0.488 e. The first-order chi connectivity index (χ1) is 10.6. The lowest BCUT2D eigenvalue weighted by Gasteiger charge is -2.20. The summed E-state index contributed by atoms with van der Waals surface area (Å²) in [4.78, 5) is 13.9. The molecule has 22 heavy (non-hydrogen) atoms. The van der Waals surface area contributed by atoms with Crippen LogP contribution in [0.15, 0.2) is 28.6 Å². The second-order valence-corrected chi connectivity index (χ2v) is 7.61. The Kier molecular flexibility index (Phi) is 4.63. The van der Waals surface area contributed by atoms with Gasteiger partial charge in [-0.05, 0) is 18.6 Å². The molecule has 0 unspecified atom stereocenters. The molecule has 116 valence electrons. The van der Waals surface area contributed by atoms with Gasteiger partial charge in [-0.25, -0.2) is 0 Å². The summed E-state index contributed by atoms with van der Waals surface area (Å²) >= 11 is 2.95. The SMILES string of the molecule is Cc1nnc(SCC(=O)N(C)C[C@@H]2Cc3ccccc3O2)s1. The van der Waals surface area contributed by atoms with Crippen molar-refractivity contribution < 1.29 is 9.53 Å². The van der Waals surface area contributed by atoms with Crippen molar-refractivity contribution in [2.24, 2.45) is 0 Å². The molecular formula is C15H17N3O2S2. The van der Waals surface area contributed by atoms with Gasteiger partial charge in [-0.3, -0.25) is 4.79 Å². The number of carbonyl (C=O) groups is 1. The lowest BCUT2D eigenvalue weighted by molar-refractivity contribution is -0.128. The van der Waals surface area contributed by atoms with Gasteiger partial charge in [0.15, 0.2) is 4.34 Å². The van der Waals surface area contributed by atoms with Crippen LogP contribution in [0.25, 0.3) is 0 Å². The van der Waals surface area contributed by atoms with E-state index in [1.54, 1.807) is 4.90 Å². The van der Waals surface area contributed by atoms with Crippen LogP contribution in [0, 0.1) is 6.92 Å². The maximum absolute atomic E-state index is 12.2. The molecule has 1 aliphatic rings. The molecular weight excluding hydrogens is 318 g/mol. The highest BCUT2D eigenvalue weighted by molar-refractivity contribution is 8.01. The van der Waals surface area contributed by atoms with Gasteiger partial charge in [0, 0.05) is 13.5 Å². The van der Waals surface area contributed by atoms with Crippen molar-refractivity contribution in [3.63, 3.8) is 0 Å². The smallest absolute Gasteiger partial charge is 0.232 e. The zero-order valence-corrected chi connectivity index (χ0v) is 14.1. The third-order valence-corrected chi connectivity index (χ3v) is 5.40. The summed E-state index contributed by atoms with van der Waals surface area (Å²) < 4.78 is 6.71. The van der Waals surface area contributed by atoms with E-state index < -0.39 is 0 Å². The predicted octanol–water partition coefficient (Wildman–Crippen LogP) is 2.40. The minimum absolute atomic E-state index is 0.0418. The second-order valence-electron chi connectivity index (χ2n) is 5.20. The molecule has 2 heterocycles. The molecule has 0 N–H and O–H groups in total. The number of hydrogen-bond acceptors (Lipinski definition) is 6. The Bertz CT molecular complexity index is 649. The number of likely N-dealkylation sites (N-methyl/N-ethyl adjacent to an activating group) is 1. The van der Waals surface area contributed by atoms with E-state index in [1.807, 2.05) is 32.2 Å². The first kappa shape index (κ1) is 15.3. The van der Waals surface area contributed by atoms with Crippen LogP contribution in [-0.4, -0.2) is 46.5 Å². The normalized spacial score (nSPS) is 16.2. The van der Waals surface area contributed by atoms with Gasteiger partial charge in [0.2, 0.25) is 5.91 Å². The number of thioether (sulfide) groups is 1. The summed E-state index contributed by atoms with van der Waals surface area (Å²) in [6.07, 6.45) is 0.899. The van der Waals surface area contributed by atoms with Crippen LogP contribution in [-0.2, 0) is 11.2 Å². The fraction of sp³-hybridized carbons (Fsp3) is 0.400. The lowest BCUT2D eigenvalue weighted by atomic mass is 10.1. The van der Waals surface area contributed by atoms with Crippen LogP contribution in [0.2, 0.25) is 0 Å². The van der Waals surface area contributed by atoms with Gasteiger partial charge in [-0.15, -0.1) is 10.2 Å². The highest BCUT2D eigenvalue weighted by Crippen LogP contribution is 2.28. The Balaban J connectivity index is 1.48. The topological polar surface area (TPSA) is 55.3 Å². The maximum Gasteiger partial charge on any atom is 0.232 e. The quantitative estimate of drug-likeness (QED) is 0.786. The molecule has 0 saturated heterocycles. The average Bonchev–Trinajstić information content (AvgIpc) is 3.09. The van der Waals surface area contributed by atoms with E-state index in [9.17, 15) is 4.79 Å². The molecule has 1 aliphatic heterocycles. The van der Waals surface area contributed by atoms with E-state index in [2.05, 4.69) is 16.3 Å². The molecule has 1 amide bonds. The van der Waals surface area contributed by atoms with E-state index >= 15 is 0 Å². The van der Waals surface area contributed by atoms with E-state index in [1.165, 1.54) is 28.7 Å². The largest absolute Gasteiger partial charge is 0.488 e. The van der Waals surface area contributed by atoms with E-state index in [0.29, 0.717) is 12.3 Å². The molecule has 0 fully saturated rings. The van der Waals surface area contributed by atoms with Crippen LogP contribution in [0.5, 0.6) is 5.75 Å². The molecule has 3 rings (SSSR count). The molecule has 7 heteroatoms. The molecule has 1 aromatic heterocycles. The Hall–Kier alpha value is -1.60. The third-order valence-electron chi connectivity index (χ3n) is 3.44. The van der Waals surface area contributed by atoms with Crippen LogP contribution in [0.4, 0.5) is 0 Å². The highest BCUT2D eigenvalue weighted by Gasteiger charge is 2.25. The van der Waals surface area contributed by atoms with Gasteiger partial charge in [-0.1, -0.05) is 41.3 Å². The molecule has 1 atom stereocenters. The van der Waals surface area contributed by atoms with Gasteiger partial charge in [0.25, 0.3) is 0 Å². The minimum atomic E-state index is 0.0418. The monoisotopic (exact) mass is 335 g/mol. The average molecular weight is 335 g/mol. The number of ether oxygens (including phenoxy) is 1. The maximum atomic E-state index is 12.2. The van der Waals surface area contributed by atoms with Crippen molar-refractivity contribution in [2.75, 3.05) is 19.3 Å². The Morgan fingerprint density at radius 3 is 3.00 bits per heavy atom. The second kappa shape index (κ2) is 6.66. The molecule has 0 bridgehead atoms. The summed E-state index contributed by atoms with van der Waals surface area (Å²) in [5, 5.41) is 8.88. The number of amides is 1. The molecule has 0 saturated carbocycles. The van der Waals surface area contributed by atoms with Crippen molar-refractivity contribution >= 4 is 29.0 Å². The summed E-state index contributed by atoms with van der Waals surface area (Å²) in [5.41, 5.74) is 1.21. The van der Waals surface area contributed by atoms with Crippen molar-refractivity contribution in [2.45, 2.75) is 23.8 Å². The summed E-state index contributed by atoms with van der Waals surface area (Å²) in [6.45, 7) is 2.51. The van der Waals surface area contributed by atoms with Gasteiger partial charge >= 0.3 is 0 Å². The number of rotatable bonds is 5. The first-order valence-corrected chi connectivity index (χ1v) is 8.83. The highest BCUT2D eigenvalue weighted by atomic mass is 32.2. The van der Waals surface area contributed by atoms with Crippen molar-refractivity contribution in [1.29, 1.82) is 0 Å². The molecule has 1 aromatic carbocycles. The predicted molar refractivity (Wildman–Crippen MR) is 87.6 cm³/mol. The molecule has 2 aromatic rings. The Morgan fingerprint density at radius 2 is 2.27 bits per heavy atom. The van der Waals surface area contributed by atoms with Gasteiger partial charge in [0.05, 0.1) is 12.3 Å². The van der Waals surface area contributed by atoms with Gasteiger partial charge in [0.1, 0.15) is 16.9 Å². The van der Waals surface area contributed by atoms with Crippen LogP contribution >= 0.6 is 23.1 Å². The van der Waals surface area contributed by atoms with Crippen LogP contribution in [0.1, 0.15) is 10.6 Å². The van der Waals surface area contributed by atoms with Crippen molar-refractivity contribution in [3.05, 3.63) is 34.8 Å². The molecule has 5 nitrogen and oxygen atoms in total. The van der Waals surface area contributed by atoms with Crippen molar-refractivity contribution in [3.8, 4) is 5.75 Å². The summed E-state index contributed by atoms with van der Waals surface area (Å²) in [6, 6.07) is 8.03. The Morgan fingerprint density at radius 1 is 1.45 bits per heavy atom. The zero-order chi connectivity index (χ0) is 15.5. The van der Waals surface area contributed by atoms with Crippen LogP contribution < -0.4 is 4.74 Å². The fourth-order valence-electron chi connectivity index (χ4n) is 2.33. The Labute approximate surface area is 137 Å². The lowest BCUT2D eigenvalue weighted by Crippen LogP contribution is -2.37.